The molecular formula is C27H20FNO5S. The second-order valence-electron chi connectivity index (χ2n) is 7.85. The lowest BCUT2D eigenvalue weighted by molar-refractivity contribution is -0.145. The predicted octanol–water partition coefficient (Wildman–Crippen LogP) is 5.43. The van der Waals surface area contributed by atoms with Crippen LogP contribution in [0.15, 0.2) is 71.5 Å². The van der Waals surface area contributed by atoms with E-state index in [9.17, 15) is 18.8 Å². The van der Waals surface area contributed by atoms with Gasteiger partial charge in [0.25, 0.3) is 0 Å². The number of halogens is 1. The number of aromatic nitrogens is 1. The summed E-state index contributed by atoms with van der Waals surface area (Å²) in [7, 11) is 0. The average molecular weight is 490 g/mol. The molecule has 0 saturated heterocycles. The second-order valence-corrected chi connectivity index (χ2v) is 8.91. The molecule has 0 aliphatic rings. The fourth-order valence-electron chi connectivity index (χ4n) is 4.24. The number of carbonyl (C=O) groups excluding carboxylic acids is 2. The normalized spacial score (nSPS) is 11.3. The van der Waals surface area contributed by atoms with Crippen molar-refractivity contribution in [2.24, 2.45) is 0 Å². The van der Waals surface area contributed by atoms with Crippen molar-refractivity contribution in [2.45, 2.75) is 20.1 Å². The Morgan fingerprint density at radius 1 is 0.914 bits per heavy atom. The summed E-state index contributed by atoms with van der Waals surface area (Å²) in [6.07, 6.45) is 0. The number of hydrogen-bond acceptors (Lipinski definition) is 6. The summed E-state index contributed by atoms with van der Waals surface area (Å²) >= 11 is 1.10. The Bertz CT molecular complexity index is 1610. The van der Waals surface area contributed by atoms with E-state index in [4.69, 9.17) is 9.47 Å². The van der Waals surface area contributed by atoms with Crippen molar-refractivity contribution in [1.29, 1.82) is 0 Å². The van der Waals surface area contributed by atoms with E-state index in [1.54, 1.807) is 72.2 Å². The molecule has 0 fully saturated rings. The van der Waals surface area contributed by atoms with Gasteiger partial charge in [-0.2, -0.15) is 0 Å². The number of rotatable bonds is 6. The molecule has 0 spiro atoms. The van der Waals surface area contributed by atoms with E-state index >= 15 is 0 Å². The van der Waals surface area contributed by atoms with Crippen molar-refractivity contribution in [3.8, 4) is 0 Å². The molecule has 2 heterocycles. The third kappa shape index (κ3) is 4.06. The van der Waals surface area contributed by atoms with E-state index < -0.39 is 17.8 Å². The quantitative estimate of drug-likeness (QED) is 0.235. The van der Waals surface area contributed by atoms with Gasteiger partial charge < -0.3 is 14.0 Å². The summed E-state index contributed by atoms with van der Waals surface area (Å²) in [5.74, 6) is -1.68. The van der Waals surface area contributed by atoms with E-state index in [1.165, 1.54) is 6.07 Å². The average Bonchev–Trinajstić information content (AvgIpc) is 3.25. The molecule has 5 rings (SSSR count). The molecule has 6 nitrogen and oxygen atoms in total. The van der Waals surface area contributed by atoms with Gasteiger partial charge in [0.05, 0.1) is 17.6 Å². The van der Waals surface area contributed by atoms with Gasteiger partial charge >= 0.3 is 11.9 Å². The van der Waals surface area contributed by atoms with Crippen molar-refractivity contribution in [1.82, 2.24) is 4.57 Å². The highest BCUT2D eigenvalue weighted by Crippen LogP contribution is 2.34. The van der Waals surface area contributed by atoms with Gasteiger partial charge in [0.15, 0.2) is 5.43 Å². The van der Waals surface area contributed by atoms with Gasteiger partial charge in [0.1, 0.15) is 23.8 Å². The Morgan fingerprint density at radius 3 is 2.23 bits per heavy atom. The Hall–Kier alpha value is -4.04. The maximum atomic E-state index is 14.6. The first kappa shape index (κ1) is 22.7. The topological polar surface area (TPSA) is 74.6 Å². The molecule has 3 aromatic carbocycles. The number of pyridine rings is 1. The molecule has 176 valence electrons. The number of benzene rings is 3. The molecule has 0 bridgehead atoms. The van der Waals surface area contributed by atoms with Crippen LogP contribution >= 0.6 is 11.3 Å². The fraction of sp³-hybridized carbons (Fsp3) is 0.148. The minimum Gasteiger partial charge on any atom is -0.462 e. The third-order valence-electron chi connectivity index (χ3n) is 5.77. The smallest absolute Gasteiger partial charge is 0.348 e. The van der Waals surface area contributed by atoms with Crippen molar-refractivity contribution in [3.63, 3.8) is 0 Å². The van der Waals surface area contributed by atoms with Gasteiger partial charge in [0, 0.05) is 26.4 Å². The molecule has 0 radical (unpaired) electrons. The summed E-state index contributed by atoms with van der Waals surface area (Å²) in [5, 5.41) is 1.23. The monoisotopic (exact) mass is 489 g/mol. The van der Waals surface area contributed by atoms with Gasteiger partial charge in [-0.25, -0.2) is 9.18 Å². The number of ether oxygens (including phenoxy) is 2. The van der Waals surface area contributed by atoms with Crippen LogP contribution in [0.25, 0.3) is 31.9 Å². The van der Waals surface area contributed by atoms with E-state index in [-0.39, 0.29) is 41.0 Å². The van der Waals surface area contributed by atoms with Crippen molar-refractivity contribution >= 4 is 55.2 Å². The summed E-state index contributed by atoms with van der Waals surface area (Å²) in [4.78, 5) is 38.6. The van der Waals surface area contributed by atoms with E-state index in [0.717, 1.165) is 11.3 Å². The lowest BCUT2D eigenvalue weighted by atomic mass is 10.1. The molecule has 0 amide bonds. The van der Waals surface area contributed by atoms with Crippen LogP contribution in [0.3, 0.4) is 0 Å². The predicted molar refractivity (Wildman–Crippen MR) is 133 cm³/mol. The second kappa shape index (κ2) is 9.31. The standard InChI is InChI=1S/C27H20FNO5S/c1-2-33-27(32)26-18(24-19(28)10-7-13-22(24)35-26)15-34-23(30)14-29-20-11-5-3-8-16(20)25(31)17-9-4-6-12-21(17)29/h3-13H,2,14-15H2,1H3. The molecule has 0 atom stereocenters. The zero-order chi connectivity index (χ0) is 24.5. The van der Waals surface area contributed by atoms with E-state index in [2.05, 4.69) is 0 Å². The van der Waals surface area contributed by atoms with Crippen molar-refractivity contribution < 1.29 is 23.5 Å². The number of carbonyl (C=O) groups is 2. The number of esters is 2. The van der Waals surface area contributed by atoms with Crippen molar-refractivity contribution in [2.75, 3.05) is 6.61 Å². The summed E-state index contributed by atoms with van der Waals surface area (Å²) in [6, 6.07) is 18.7. The third-order valence-corrected chi connectivity index (χ3v) is 6.95. The molecule has 5 aromatic rings. The lowest BCUT2D eigenvalue weighted by Gasteiger charge is -2.15. The summed E-state index contributed by atoms with van der Waals surface area (Å²) in [5.41, 5.74) is 1.38. The molecule has 0 saturated carbocycles. The van der Waals surface area contributed by atoms with Crippen LogP contribution in [-0.2, 0) is 27.4 Å². The molecule has 0 aliphatic heterocycles. The Labute approximate surface area is 203 Å². The SMILES string of the molecule is CCOC(=O)c1sc2cccc(F)c2c1COC(=O)Cn1c2ccccc2c(=O)c2ccccc21. The van der Waals surface area contributed by atoms with Crippen LogP contribution in [0.5, 0.6) is 0 Å². The minimum atomic E-state index is -0.588. The maximum Gasteiger partial charge on any atom is 0.348 e. The number of hydrogen-bond donors (Lipinski definition) is 0. The fourth-order valence-corrected chi connectivity index (χ4v) is 5.36. The van der Waals surface area contributed by atoms with E-state index in [1.807, 2.05) is 0 Å². The first-order valence-corrected chi connectivity index (χ1v) is 11.8. The number of fused-ring (bicyclic) bond motifs is 3. The van der Waals surface area contributed by atoms with Crippen LogP contribution in [0.2, 0.25) is 0 Å². The highest BCUT2D eigenvalue weighted by atomic mass is 32.1. The molecule has 2 aromatic heterocycles. The summed E-state index contributed by atoms with van der Waals surface area (Å²) < 4.78 is 27.6. The van der Waals surface area contributed by atoms with Crippen LogP contribution in [-0.4, -0.2) is 23.1 Å². The van der Waals surface area contributed by atoms with Crippen LogP contribution < -0.4 is 5.43 Å². The van der Waals surface area contributed by atoms with Gasteiger partial charge in [-0.1, -0.05) is 30.3 Å². The van der Waals surface area contributed by atoms with E-state index in [0.29, 0.717) is 26.5 Å². The van der Waals surface area contributed by atoms with Crippen molar-refractivity contribution in [3.05, 3.63) is 93.2 Å². The highest BCUT2D eigenvalue weighted by molar-refractivity contribution is 7.21. The molecular weight excluding hydrogens is 469 g/mol. The Morgan fingerprint density at radius 2 is 1.57 bits per heavy atom. The van der Waals surface area contributed by atoms with Gasteiger partial charge in [0.2, 0.25) is 0 Å². The maximum absolute atomic E-state index is 14.6. The van der Waals surface area contributed by atoms with Crippen LogP contribution in [0.4, 0.5) is 4.39 Å². The van der Waals surface area contributed by atoms with Gasteiger partial charge in [-0.15, -0.1) is 11.3 Å². The number of para-hydroxylation sites is 2. The highest BCUT2D eigenvalue weighted by Gasteiger charge is 2.23. The molecule has 0 aliphatic carbocycles. The molecule has 0 unspecified atom stereocenters. The lowest BCUT2D eigenvalue weighted by Crippen LogP contribution is -2.18. The molecule has 0 N–H and O–H groups in total. The largest absolute Gasteiger partial charge is 0.462 e. The van der Waals surface area contributed by atoms with Crippen LogP contribution in [0.1, 0.15) is 22.2 Å². The molecule has 8 heteroatoms. The Balaban J connectivity index is 1.50. The first-order chi connectivity index (χ1) is 17.0. The number of nitrogens with zero attached hydrogens (tertiary/aromatic N) is 1. The van der Waals surface area contributed by atoms with Gasteiger partial charge in [-0.05, 0) is 43.3 Å². The minimum absolute atomic E-state index is 0.111. The zero-order valence-electron chi connectivity index (χ0n) is 18.7. The zero-order valence-corrected chi connectivity index (χ0v) is 19.6. The van der Waals surface area contributed by atoms with Gasteiger partial charge in [-0.3, -0.25) is 9.59 Å². The summed E-state index contributed by atoms with van der Waals surface area (Å²) in [6.45, 7) is 1.40. The van der Waals surface area contributed by atoms with Crippen LogP contribution in [0, 0.1) is 5.82 Å². The number of thiophene rings is 1. The Kier molecular flexibility index (Phi) is 6.05. The molecule has 35 heavy (non-hydrogen) atoms. The first-order valence-electron chi connectivity index (χ1n) is 11.0.